The Morgan fingerprint density at radius 1 is 1.39 bits per heavy atom. The van der Waals surface area contributed by atoms with Crippen LogP contribution in [0.4, 0.5) is 0 Å². The van der Waals surface area contributed by atoms with Gasteiger partial charge in [-0.3, -0.25) is 14.5 Å². The van der Waals surface area contributed by atoms with Crippen molar-refractivity contribution in [1.82, 2.24) is 4.90 Å². The number of carbonyl (C=O) groups is 3. The van der Waals surface area contributed by atoms with Crippen molar-refractivity contribution in [3.05, 3.63) is 34.9 Å². The van der Waals surface area contributed by atoms with E-state index in [4.69, 9.17) is 16.3 Å². The van der Waals surface area contributed by atoms with Gasteiger partial charge >= 0.3 is 5.97 Å². The summed E-state index contributed by atoms with van der Waals surface area (Å²) < 4.78 is 4.89. The average molecular weight is 356 g/mol. The van der Waals surface area contributed by atoms with Gasteiger partial charge in [0.2, 0.25) is 0 Å². The summed E-state index contributed by atoms with van der Waals surface area (Å²) >= 11 is 7.26. The lowest BCUT2D eigenvalue weighted by Crippen LogP contribution is -2.46. The van der Waals surface area contributed by atoms with Crippen LogP contribution in [0, 0.1) is 0 Å². The Bertz CT molecular complexity index is 622. The van der Waals surface area contributed by atoms with Crippen LogP contribution in [0.15, 0.2) is 24.3 Å². The Morgan fingerprint density at radius 3 is 2.65 bits per heavy atom. The zero-order valence-corrected chi connectivity index (χ0v) is 14.5. The van der Waals surface area contributed by atoms with E-state index in [1.165, 1.54) is 14.0 Å². The van der Waals surface area contributed by atoms with Crippen LogP contribution in [0.5, 0.6) is 0 Å². The molecule has 1 fully saturated rings. The van der Waals surface area contributed by atoms with Crippen molar-refractivity contribution in [2.75, 3.05) is 20.2 Å². The second-order valence-electron chi connectivity index (χ2n) is 5.27. The van der Waals surface area contributed by atoms with Gasteiger partial charge in [0.25, 0.3) is 0 Å². The zero-order valence-electron chi connectivity index (χ0n) is 13.0. The van der Waals surface area contributed by atoms with Crippen molar-refractivity contribution in [1.29, 1.82) is 0 Å². The van der Waals surface area contributed by atoms with E-state index in [1.54, 1.807) is 29.2 Å². The molecule has 1 aliphatic rings. The number of nitrogens with zero attached hydrogens (tertiary/aromatic N) is 1. The predicted molar refractivity (Wildman–Crippen MR) is 89.5 cm³/mol. The lowest BCUT2D eigenvalue weighted by atomic mass is 10.0. The zero-order chi connectivity index (χ0) is 17.0. The molecule has 124 valence electrons. The summed E-state index contributed by atoms with van der Waals surface area (Å²) in [5.74, 6) is -0.513. The van der Waals surface area contributed by atoms with Crippen molar-refractivity contribution in [3.63, 3.8) is 0 Å². The van der Waals surface area contributed by atoms with Gasteiger partial charge in [-0.1, -0.05) is 41.6 Å². The van der Waals surface area contributed by atoms with Crippen molar-refractivity contribution in [2.24, 2.45) is 0 Å². The molecule has 23 heavy (non-hydrogen) atoms. The third-order valence-corrected chi connectivity index (χ3v) is 5.15. The Balaban J connectivity index is 2.22. The average Bonchev–Trinajstić information content (AvgIpc) is 2.51. The standard InChI is InChI=1S/C16H18ClNO4S/c1-10(19)23-14-7-8-18(9-13(14)20)15(16(21)22-2)11-5-3-4-6-12(11)17/h3-6,14-15H,7-9H2,1-2H3. The number of thioether (sulfide) groups is 1. The molecular formula is C16H18ClNO4S. The van der Waals surface area contributed by atoms with Crippen molar-refractivity contribution >= 4 is 40.2 Å². The molecule has 0 bridgehead atoms. The van der Waals surface area contributed by atoms with Crippen LogP contribution < -0.4 is 0 Å². The van der Waals surface area contributed by atoms with Gasteiger partial charge in [-0.15, -0.1) is 0 Å². The maximum atomic E-state index is 12.3. The lowest BCUT2D eigenvalue weighted by Gasteiger charge is -2.35. The number of halogens is 1. The molecule has 0 N–H and O–H groups in total. The molecule has 1 aromatic carbocycles. The van der Waals surface area contributed by atoms with E-state index < -0.39 is 12.0 Å². The molecule has 0 aromatic heterocycles. The molecular weight excluding hydrogens is 338 g/mol. The van der Waals surface area contributed by atoms with Crippen LogP contribution in [0.25, 0.3) is 0 Å². The summed E-state index contributed by atoms with van der Waals surface area (Å²) in [5.41, 5.74) is 0.617. The lowest BCUT2D eigenvalue weighted by molar-refractivity contribution is -0.148. The molecule has 0 aliphatic carbocycles. The summed E-state index contributed by atoms with van der Waals surface area (Å²) in [5, 5.41) is 0.0382. The van der Waals surface area contributed by atoms with Gasteiger partial charge in [-0.05, 0) is 18.1 Å². The molecule has 2 rings (SSSR count). The second kappa shape index (κ2) is 7.95. The number of carbonyl (C=O) groups excluding carboxylic acids is 3. The molecule has 1 heterocycles. The molecule has 1 saturated heterocycles. The molecule has 0 radical (unpaired) electrons. The Morgan fingerprint density at radius 2 is 2.09 bits per heavy atom. The van der Waals surface area contributed by atoms with E-state index in [0.717, 1.165) is 11.8 Å². The van der Waals surface area contributed by atoms with Crippen molar-refractivity contribution in [2.45, 2.75) is 24.6 Å². The topological polar surface area (TPSA) is 63.7 Å². The minimum atomic E-state index is -0.721. The number of ketones is 1. The smallest absolute Gasteiger partial charge is 0.327 e. The van der Waals surface area contributed by atoms with Gasteiger partial charge in [0, 0.05) is 18.5 Å². The summed E-state index contributed by atoms with van der Waals surface area (Å²) in [6, 6.07) is 6.30. The van der Waals surface area contributed by atoms with Gasteiger partial charge in [-0.2, -0.15) is 0 Å². The third-order valence-electron chi connectivity index (χ3n) is 3.69. The molecule has 2 atom stereocenters. The first-order valence-corrected chi connectivity index (χ1v) is 8.46. The van der Waals surface area contributed by atoms with E-state index in [2.05, 4.69) is 0 Å². The predicted octanol–water partition coefficient (Wildman–Crippen LogP) is 2.48. The maximum Gasteiger partial charge on any atom is 0.327 e. The maximum absolute atomic E-state index is 12.3. The largest absolute Gasteiger partial charge is 0.468 e. The molecule has 0 saturated carbocycles. The van der Waals surface area contributed by atoms with Gasteiger partial charge in [0.15, 0.2) is 10.9 Å². The van der Waals surface area contributed by atoms with Gasteiger partial charge in [0.05, 0.1) is 18.9 Å². The van der Waals surface area contributed by atoms with Gasteiger partial charge < -0.3 is 4.74 Å². The summed E-state index contributed by atoms with van der Waals surface area (Å²) in [6.07, 6.45) is 0.515. The number of rotatable bonds is 4. The number of likely N-dealkylation sites (tertiary alicyclic amines) is 1. The second-order valence-corrected chi connectivity index (χ2v) is 7.06. The third kappa shape index (κ3) is 4.34. The highest BCUT2D eigenvalue weighted by Crippen LogP contribution is 2.32. The number of Topliss-reactive ketones (excluding diaryl/α,β-unsaturated/α-hetero) is 1. The SMILES string of the molecule is COC(=O)C(c1ccccc1Cl)N1CCC(SC(C)=O)C(=O)C1. The summed E-state index contributed by atoms with van der Waals surface area (Å²) in [6.45, 7) is 2.06. The first-order valence-electron chi connectivity index (χ1n) is 7.20. The molecule has 5 nitrogen and oxygen atoms in total. The van der Waals surface area contributed by atoms with E-state index in [9.17, 15) is 14.4 Å². The Labute approximate surface area is 144 Å². The fourth-order valence-electron chi connectivity index (χ4n) is 2.65. The molecule has 0 amide bonds. The molecule has 0 spiro atoms. The number of benzene rings is 1. The van der Waals surface area contributed by atoms with Crippen LogP contribution in [-0.2, 0) is 19.1 Å². The highest BCUT2D eigenvalue weighted by atomic mass is 35.5. The molecule has 1 aromatic rings. The highest BCUT2D eigenvalue weighted by Gasteiger charge is 2.37. The van der Waals surface area contributed by atoms with Crippen LogP contribution >= 0.6 is 23.4 Å². The minimum Gasteiger partial charge on any atom is -0.468 e. The van der Waals surface area contributed by atoms with Gasteiger partial charge in [-0.25, -0.2) is 4.79 Å². The van der Waals surface area contributed by atoms with Crippen LogP contribution in [-0.4, -0.2) is 47.2 Å². The van der Waals surface area contributed by atoms with Gasteiger partial charge in [0.1, 0.15) is 6.04 Å². The minimum absolute atomic E-state index is 0.0580. The first-order chi connectivity index (χ1) is 10.9. The van der Waals surface area contributed by atoms with E-state index in [-0.39, 0.29) is 22.7 Å². The van der Waals surface area contributed by atoms with Crippen LogP contribution in [0.3, 0.4) is 0 Å². The first kappa shape index (κ1) is 18.0. The fraction of sp³-hybridized carbons (Fsp3) is 0.438. The monoisotopic (exact) mass is 355 g/mol. The highest BCUT2D eigenvalue weighted by molar-refractivity contribution is 8.14. The van der Waals surface area contributed by atoms with Crippen molar-refractivity contribution in [3.8, 4) is 0 Å². The Kier molecular flexibility index (Phi) is 6.21. The van der Waals surface area contributed by atoms with Crippen LogP contribution in [0.1, 0.15) is 24.9 Å². The number of piperidine rings is 1. The number of esters is 1. The fourth-order valence-corrected chi connectivity index (χ4v) is 3.72. The molecule has 2 unspecified atom stereocenters. The normalized spacial score (nSPS) is 20.1. The summed E-state index contributed by atoms with van der Waals surface area (Å²) in [7, 11) is 1.31. The van der Waals surface area contributed by atoms with E-state index in [1.807, 2.05) is 0 Å². The molecule has 1 aliphatic heterocycles. The quantitative estimate of drug-likeness (QED) is 0.773. The number of methoxy groups -OCH3 is 1. The van der Waals surface area contributed by atoms with Crippen molar-refractivity contribution < 1.29 is 19.1 Å². The summed E-state index contributed by atoms with van der Waals surface area (Å²) in [4.78, 5) is 37.5. The van der Waals surface area contributed by atoms with E-state index >= 15 is 0 Å². The number of hydrogen-bond donors (Lipinski definition) is 0. The number of ether oxygens (including phenoxy) is 1. The number of hydrogen-bond acceptors (Lipinski definition) is 6. The molecule has 7 heteroatoms. The van der Waals surface area contributed by atoms with Crippen LogP contribution in [0.2, 0.25) is 5.02 Å². The Hall–Kier alpha value is -1.37. The van der Waals surface area contributed by atoms with E-state index in [0.29, 0.717) is 23.6 Å².